The zero-order valence-corrected chi connectivity index (χ0v) is 30.3. The Bertz CT molecular complexity index is 860. The average Bonchev–Trinajstić information content (AvgIpc) is 3.32. The van der Waals surface area contributed by atoms with E-state index >= 15 is 0 Å². The van der Waals surface area contributed by atoms with E-state index < -0.39 is 36.3 Å². The number of aliphatic hydroxyl groups is 4. The zero-order chi connectivity index (χ0) is 35.4. The Morgan fingerprint density at radius 3 is 1.65 bits per heavy atom. The third-order valence-corrected chi connectivity index (χ3v) is 9.48. The van der Waals surface area contributed by atoms with Gasteiger partial charge >= 0.3 is 11.9 Å². The minimum absolute atomic E-state index is 0.0422. The lowest BCUT2D eigenvalue weighted by Crippen LogP contribution is -2.25. The van der Waals surface area contributed by atoms with Gasteiger partial charge in [0.15, 0.2) is 0 Å². The summed E-state index contributed by atoms with van der Waals surface area (Å²) in [5, 5.41) is 41.1. The van der Waals surface area contributed by atoms with Gasteiger partial charge in [0.2, 0.25) is 0 Å². The fourth-order valence-corrected chi connectivity index (χ4v) is 6.43. The fraction of sp³-hybridized carbons (Fsp3) is 0.872. The van der Waals surface area contributed by atoms with Gasteiger partial charge in [-0.15, -0.1) is 0 Å². The van der Waals surface area contributed by atoms with Crippen LogP contribution >= 0.6 is 0 Å². The van der Waals surface area contributed by atoms with E-state index in [9.17, 15) is 34.8 Å². The molecule has 48 heavy (non-hydrogen) atoms. The number of unbranched alkanes of at least 4 members (excludes halogenated alkanes) is 15. The molecule has 280 valence electrons. The molecule has 9 nitrogen and oxygen atoms in total. The summed E-state index contributed by atoms with van der Waals surface area (Å²) in [6.07, 6.45) is 21.9. The average molecular weight is 683 g/mol. The molecular formula is C39H70O9. The van der Waals surface area contributed by atoms with Crippen molar-refractivity contribution in [1.82, 2.24) is 0 Å². The van der Waals surface area contributed by atoms with Crippen LogP contribution in [-0.4, -0.2) is 75.8 Å². The van der Waals surface area contributed by atoms with Gasteiger partial charge in [0.25, 0.3) is 0 Å². The van der Waals surface area contributed by atoms with Gasteiger partial charge in [0.05, 0.1) is 18.3 Å². The lowest BCUT2D eigenvalue weighted by Gasteiger charge is -2.20. The summed E-state index contributed by atoms with van der Waals surface area (Å²) in [6.45, 7) is 3.87. The molecule has 0 bridgehead atoms. The third-order valence-electron chi connectivity index (χ3n) is 9.48. The van der Waals surface area contributed by atoms with Crippen LogP contribution in [-0.2, 0) is 23.9 Å². The molecule has 1 fully saturated rings. The minimum Gasteiger partial charge on any atom is -0.463 e. The van der Waals surface area contributed by atoms with Gasteiger partial charge in [-0.05, 0) is 25.7 Å². The van der Waals surface area contributed by atoms with Crippen molar-refractivity contribution in [3.63, 3.8) is 0 Å². The molecule has 0 saturated heterocycles. The van der Waals surface area contributed by atoms with Crippen molar-refractivity contribution in [2.45, 2.75) is 192 Å². The van der Waals surface area contributed by atoms with Crippen LogP contribution in [0.4, 0.5) is 0 Å². The monoisotopic (exact) mass is 683 g/mol. The van der Waals surface area contributed by atoms with Crippen LogP contribution in [0.2, 0.25) is 0 Å². The first-order valence-corrected chi connectivity index (χ1v) is 19.4. The van der Waals surface area contributed by atoms with Crippen molar-refractivity contribution < 1.29 is 44.3 Å². The zero-order valence-electron chi connectivity index (χ0n) is 30.3. The van der Waals surface area contributed by atoms with E-state index in [1.54, 1.807) is 12.2 Å². The van der Waals surface area contributed by atoms with E-state index in [0.29, 0.717) is 25.7 Å². The first-order valence-electron chi connectivity index (χ1n) is 19.4. The van der Waals surface area contributed by atoms with Crippen LogP contribution in [0.15, 0.2) is 12.2 Å². The van der Waals surface area contributed by atoms with Crippen LogP contribution in [0.25, 0.3) is 0 Å². The van der Waals surface area contributed by atoms with E-state index in [4.69, 9.17) is 9.47 Å². The molecule has 0 spiro atoms. The largest absolute Gasteiger partial charge is 0.463 e. The molecule has 0 amide bonds. The number of aliphatic hydroxyl groups excluding tert-OH is 4. The second-order valence-corrected chi connectivity index (χ2v) is 14.0. The number of esters is 2. The Labute approximate surface area is 291 Å². The third kappa shape index (κ3) is 22.8. The van der Waals surface area contributed by atoms with Gasteiger partial charge in [0, 0.05) is 43.9 Å². The van der Waals surface area contributed by atoms with Gasteiger partial charge in [-0.3, -0.25) is 14.4 Å². The van der Waals surface area contributed by atoms with E-state index in [2.05, 4.69) is 13.8 Å². The van der Waals surface area contributed by atoms with E-state index in [1.165, 1.54) is 64.2 Å². The van der Waals surface area contributed by atoms with Crippen LogP contribution < -0.4 is 0 Å². The first-order chi connectivity index (χ1) is 23.2. The molecule has 6 atom stereocenters. The maximum atomic E-state index is 12.6. The quantitative estimate of drug-likeness (QED) is 0.0336. The molecule has 0 aliphatic heterocycles. The highest BCUT2D eigenvalue weighted by Crippen LogP contribution is 2.36. The lowest BCUT2D eigenvalue weighted by molar-refractivity contribution is -0.152. The number of hydrogen-bond acceptors (Lipinski definition) is 9. The number of Topliss-reactive ketones (excluding diaryl/α,β-unsaturated/α-hetero) is 1. The molecule has 4 N–H and O–H groups in total. The Hall–Kier alpha value is -1.81. The molecule has 0 unspecified atom stereocenters. The molecule has 0 aromatic heterocycles. The molecule has 0 aromatic rings. The highest BCUT2D eigenvalue weighted by molar-refractivity contribution is 5.79. The van der Waals surface area contributed by atoms with Gasteiger partial charge in [-0.2, -0.15) is 0 Å². The standard InChI is InChI=1S/C39H70O9/c1-3-5-7-8-9-10-11-12-13-14-15-16-18-23-38(45)47-29-33(42)30-48-39(46)24-20-19-22-32(41)27-35-34(36(43)28-37(35)44)26-25-31(40)21-17-6-4-2/h25-26,31,33-37,40,42-44H,3-24,27-30H2,1-2H3/b26-25+/t31-,33+,34+,35+,36+,37-/m0/s1. The van der Waals surface area contributed by atoms with Crippen molar-refractivity contribution in [3.05, 3.63) is 12.2 Å². The number of ketones is 1. The molecule has 0 radical (unpaired) electrons. The van der Waals surface area contributed by atoms with Crippen molar-refractivity contribution in [3.8, 4) is 0 Å². The molecular weight excluding hydrogens is 612 g/mol. The van der Waals surface area contributed by atoms with Crippen molar-refractivity contribution in [2.24, 2.45) is 11.8 Å². The topological polar surface area (TPSA) is 151 Å². The summed E-state index contributed by atoms with van der Waals surface area (Å²) in [6, 6.07) is 0. The summed E-state index contributed by atoms with van der Waals surface area (Å²) < 4.78 is 10.2. The number of carbonyl (C=O) groups excluding carboxylic acids is 3. The predicted octanol–water partition coefficient (Wildman–Crippen LogP) is 7.29. The maximum absolute atomic E-state index is 12.6. The molecule has 9 heteroatoms. The Morgan fingerprint density at radius 1 is 0.646 bits per heavy atom. The lowest BCUT2D eigenvalue weighted by atomic mass is 9.87. The van der Waals surface area contributed by atoms with Crippen molar-refractivity contribution in [1.29, 1.82) is 0 Å². The number of carbonyl (C=O) groups is 3. The number of rotatable bonds is 31. The van der Waals surface area contributed by atoms with Crippen LogP contribution in [0.1, 0.15) is 168 Å². The first kappa shape index (κ1) is 44.2. The highest BCUT2D eigenvalue weighted by Gasteiger charge is 2.41. The van der Waals surface area contributed by atoms with E-state index in [0.717, 1.165) is 38.5 Å². The molecule has 1 aliphatic rings. The van der Waals surface area contributed by atoms with Gasteiger partial charge in [-0.1, -0.05) is 122 Å². The summed E-state index contributed by atoms with van der Waals surface area (Å²) in [5.74, 6) is -1.67. The molecule has 1 aliphatic carbocycles. The predicted molar refractivity (Wildman–Crippen MR) is 189 cm³/mol. The smallest absolute Gasteiger partial charge is 0.305 e. The number of hydrogen-bond donors (Lipinski definition) is 4. The minimum atomic E-state index is -1.08. The second kappa shape index (κ2) is 29.0. The maximum Gasteiger partial charge on any atom is 0.305 e. The SMILES string of the molecule is CCCCCCCCCCCCCCCC(=O)OC[C@@H](O)COC(=O)CCCCC(=O)C[C@@H]1[C@@H](/C=C/[C@@H](O)CCCCC)[C@H](O)C[C@@H]1O. The molecule has 0 heterocycles. The molecule has 1 rings (SSSR count). The van der Waals surface area contributed by atoms with Crippen LogP contribution in [0, 0.1) is 11.8 Å². The fourth-order valence-electron chi connectivity index (χ4n) is 6.43. The Balaban J connectivity index is 2.08. The Kier molecular flexibility index (Phi) is 26.7. The molecule has 0 aromatic carbocycles. The van der Waals surface area contributed by atoms with Gasteiger partial charge in [0.1, 0.15) is 25.1 Å². The summed E-state index contributed by atoms with van der Waals surface area (Å²) in [4.78, 5) is 36.7. The van der Waals surface area contributed by atoms with Gasteiger partial charge in [-0.25, -0.2) is 0 Å². The van der Waals surface area contributed by atoms with Crippen LogP contribution in [0.3, 0.4) is 0 Å². The van der Waals surface area contributed by atoms with Crippen molar-refractivity contribution in [2.75, 3.05) is 13.2 Å². The molecule has 1 saturated carbocycles. The van der Waals surface area contributed by atoms with E-state index in [-0.39, 0.29) is 56.6 Å². The number of ether oxygens (including phenoxy) is 2. The van der Waals surface area contributed by atoms with E-state index in [1.807, 2.05) is 0 Å². The van der Waals surface area contributed by atoms with Gasteiger partial charge < -0.3 is 29.9 Å². The van der Waals surface area contributed by atoms with Crippen LogP contribution in [0.5, 0.6) is 0 Å². The van der Waals surface area contributed by atoms with Crippen molar-refractivity contribution >= 4 is 17.7 Å². The normalized spacial score (nSPS) is 20.6. The Morgan fingerprint density at radius 2 is 1.10 bits per heavy atom. The summed E-state index contributed by atoms with van der Waals surface area (Å²) in [7, 11) is 0. The highest BCUT2D eigenvalue weighted by atomic mass is 16.6. The summed E-state index contributed by atoms with van der Waals surface area (Å²) >= 11 is 0. The summed E-state index contributed by atoms with van der Waals surface area (Å²) in [5.41, 5.74) is 0. The second-order valence-electron chi connectivity index (χ2n) is 14.0.